The van der Waals surface area contributed by atoms with Crippen molar-refractivity contribution in [1.82, 2.24) is 14.5 Å². The Morgan fingerprint density at radius 3 is 2.73 bits per heavy atom. The van der Waals surface area contributed by atoms with Crippen LogP contribution in [0.1, 0.15) is 39.8 Å². The van der Waals surface area contributed by atoms with Gasteiger partial charge in [-0.05, 0) is 12.3 Å². The summed E-state index contributed by atoms with van der Waals surface area (Å²) in [5, 5.41) is 0.0691. The fourth-order valence-electron chi connectivity index (χ4n) is 3.53. The highest BCUT2D eigenvalue weighted by molar-refractivity contribution is 7.91. The van der Waals surface area contributed by atoms with Crippen LogP contribution < -0.4 is 0 Å². The Labute approximate surface area is 179 Å². The molecule has 9 nitrogen and oxygen atoms in total. The van der Waals surface area contributed by atoms with Crippen molar-refractivity contribution in [3.05, 3.63) is 11.9 Å². The first-order valence-electron chi connectivity index (χ1n) is 10.3. The van der Waals surface area contributed by atoms with Gasteiger partial charge in [0.1, 0.15) is 0 Å². The van der Waals surface area contributed by atoms with Crippen molar-refractivity contribution in [3.63, 3.8) is 0 Å². The summed E-state index contributed by atoms with van der Waals surface area (Å²) in [7, 11) is -1.98. The second-order valence-electron chi connectivity index (χ2n) is 8.70. The molecule has 0 saturated carbocycles. The van der Waals surface area contributed by atoms with Crippen molar-refractivity contribution < 1.29 is 27.4 Å². The van der Waals surface area contributed by atoms with Crippen LogP contribution in [0.2, 0.25) is 0 Å². The molecule has 1 saturated heterocycles. The number of imidazole rings is 1. The fraction of sp³-hybridized carbons (Fsp3) is 0.800. The lowest BCUT2D eigenvalue weighted by Crippen LogP contribution is -2.46. The third kappa shape index (κ3) is 7.04. The Balaban J connectivity index is 2.27. The van der Waals surface area contributed by atoms with Gasteiger partial charge in [-0.3, -0.25) is 9.69 Å². The molecule has 30 heavy (non-hydrogen) atoms. The largest absolute Gasteiger partial charge is 0.466 e. The number of carbonyl (C=O) groups excluding carboxylic acids is 1. The molecule has 172 valence electrons. The van der Waals surface area contributed by atoms with Crippen molar-refractivity contribution in [2.75, 3.05) is 45.8 Å². The SMILES string of the molecule is CCOC(=O)CC1COCCN1Cc1cnc(S(=O)(=O)CC(C)(C)C)n1CCOC. The van der Waals surface area contributed by atoms with E-state index in [-0.39, 0.29) is 34.8 Å². The first kappa shape index (κ1) is 24.8. The van der Waals surface area contributed by atoms with Gasteiger partial charge in [0.15, 0.2) is 0 Å². The van der Waals surface area contributed by atoms with Crippen LogP contribution in [0.5, 0.6) is 0 Å². The standard InChI is InChI=1S/C20H35N3O6S/c1-6-29-18(24)11-16-14-28-10-7-22(16)13-17-12-21-19(23(17)8-9-27-5)30(25,26)15-20(2,3)4/h12,16H,6-11,13-15H2,1-5H3. The summed E-state index contributed by atoms with van der Waals surface area (Å²) in [6.45, 7) is 10.6. The molecule has 1 fully saturated rings. The van der Waals surface area contributed by atoms with Crippen LogP contribution in [0.3, 0.4) is 0 Å². The summed E-state index contributed by atoms with van der Waals surface area (Å²) in [5.74, 6) is -0.258. The van der Waals surface area contributed by atoms with E-state index in [2.05, 4.69) is 9.88 Å². The van der Waals surface area contributed by atoms with Crippen molar-refractivity contribution >= 4 is 15.8 Å². The molecular formula is C20H35N3O6S. The second kappa shape index (κ2) is 10.7. The van der Waals surface area contributed by atoms with Crippen molar-refractivity contribution in [3.8, 4) is 0 Å². The predicted molar refractivity (Wildman–Crippen MR) is 112 cm³/mol. The van der Waals surface area contributed by atoms with Gasteiger partial charge in [-0.1, -0.05) is 20.8 Å². The number of methoxy groups -OCH3 is 1. The molecule has 1 unspecified atom stereocenters. The van der Waals surface area contributed by atoms with Crippen LogP contribution >= 0.6 is 0 Å². The van der Waals surface area contributed by atoms with Gasteiger partial charge in [-0.2, -0.15) is 0 Å². The normalized spacial score (nSPS) is 18.5. The maximum atomic E-state index is 13.0. The molecule has 0 radical (unpaired) electrons. The first-order valence-corrected chi connectivity index (χ1v) is 12.0. The molecule has 1 aliphatic rings. The summed E-state index contributed by atoms with van der Waals surface area (Å²) >= 11 is 0. The molecule has 0 spiro atoms. The van der Waals surface area contributed by atoms with Gasteiger partial charge in [0.05, 0.1) is 50.5 Å². The number of hydrogen-bond donors (Lipinski definition) is 0. The average Bonchev–Trinajstić information content (AvgIpc) is 3.03. The van der Waals surface area contributed by atoms with E-state index >= 15 is 0 Å². The Morgan fingerprint density at radius 1 is 1.37 bits per heavy atom. The maximum absolute atomic E-state index is 13.0. The van der Waals surface area contributed by atoms with E-state index in [9.17, 15) is 13.2 Å². The van der Waals surface area contributed by atoms with Gasteiger partial charge in [0.25, 0.3) is 0 Å². The number of aromatic nitrogens is 2. The lowest BCUT2D eigenvalue weighted by molar-refractivity contribution is -0.146. The minimum absolute atomic E-state index is 0.00642. The molecular weight excluding hydrogens is 410 g/mol. The molecule has 1 aliphatic heterocycles. The van der Waals surface area contributed by atoms with Gasteiger partial charge >= 0.3 is 5.97 Å². The Kier molecular flexibility index (Phi) is 8.84. The summed E-state index contributed by atoms with van der Waals surface area (Å²) in [5.41, 5.74) is 0.390. The van der Waals surface area contributed by atoms with Gasteiger partial charge in [-0.25, -0.2) is 13.4 Å². The monoisotopic (exact) mass is 445 g/mol. The van der Waals surface area contributed by atoms with Crippen molar-refractivity contribution in [2.45, 2.75) is 58.4 Å². The first-order chi connectivity index (χ1) is 14.1. The Morgan fingerprint density at radius 2 is 2.10 bits per heavy atom. The molecule has 0 aliphatic carbocycles. The maximum Gasteiger partial charge on any atom is 0.307 e. The minimum atomic E-state index is -3.56. The van der Waals surface area contributed by atoms with Crippen LogP contribution in [0.25, 0.3) is 0 Å². The van der Waals surface area contributed by atoms with Gasteiger partial charge in [0.2, 0.25) is 15.0 Å². The van der Waals surface area contributed by atoms with E-state index in [1.54, 1.807) is 24.8 Å². The molecule has 2 heterocycles. The topological polar surface area (TPSA) is 100.0 Å². The number of rotatable bonds is 10. The number of ether oxygens (including phenoxy) is 3. The van der Waals surface area contributed by atoms with Gasteiger partial charge < -0.3 is 18.8 Å². The van der Waals surface area contributed by atoms with Crippen LogP contribution in [-0.2, 0) is 41.9 Å². The molecule has 0 N–H and O–H groups in total. The minimum Gasteiger partial charge on any atom is -0.466 e. The van der Waals surface area contributed by atoms with Crippen LogP contribution in [-0.4, -0.2) is 80.7 Å². The lowest BCUT2D eigenvalue weighted by Gasteiger charge is -2.35. The summed E-state index contributed by atoms with van der Waals surface area (Å²) in [4.78, 5) is 18.4. The van der Waals surface area contributed by atoms with E-state index in [0.29, 0.717) is 46.1 Å². The molecule has 0 bridgehead atoms. The van der Waals surface area contributed by atoms with Gasteiger partial charge in [-0.15, -0.1) is 0 Å². The van der Waals surface area contributed by atoms with E-state index < -0.39 is 9.84 Å². The lowest BCUT2D eigenvalue weighted by atomic mass is 10.0. The zero-order chi connectivity index (χ0) is 22.4. The molecule has 0 amide bonds. The number of esters is 1. The molecule has 10 heteroatoms. The van der Waals surface area contributed by atoms with Crippen LogP contribution in [0.4, 0.5) is 0 Å². The van der Waals surface area contributed by atoms with E-state index in [0.717, 1.165) is 5.69 Å². The Bertz CT molecular complexity index is 800. The smallest absolute Gasteiger partial charge is 0.307 e. The fourth-order valence-corrected chi connectivity index (χ4v) is 5.56. The number of hydrogen-bond acceptors (Lipinski definition) is 8. The molecule has 1 aromatic rings. The summed E-state index contributed by atoms with van der Waals surface area (Å²) in [6.07, 6.45) is 1.84. The van der Waals surface area contributed by atoms with E-state index in [1.165, 1.54) is 0 Å². The van der Waals surface area contributed by atoms with Crippen molar-refractivity contribution in [1.29, 1.82) is 0 Å². The molecule has 2 rings (SSSR count). The zero-order valence-corrected chi connectivity index (χ0v) is 19.5. The highest BCUT2D eigenvalue weighted by Gasteiger charge is 2.31. The summed E-state index contributed by atoms with van der Waals surface area (Å²) < 4.78 is 43.5. The highest BCUT2D eigenvalue weighted by Crippen LogP contribution is 2.24. The van der Waals surface area contributed by atoms with Crippen molar-refractivity contribution in [2.24, 2.45) is 5.41 Å². The zero-order valence-electron chi connectivity index (χ0n) is 18.7. The number of sulfone groups is 1. The number of nitrogens with zero attached hydrogens (tertiary/aromatic N) is 3. The van der Waals surface area contributed by atoms with Crippen LogP contribution in [0, 0.1) is 5.41 Å². The van der Waals surface area contributed by atoms with E-state index in [4.69, 9.17) is 14.2 Å². The second-order valence-corrected chi connectivity index (χ2v) is 10.6. The number of morpholine rings is 1. The highest BCUT2D eigenvalue weighted by atomic mass is 32.2. The number of carbonyl (C=O) groups is 1. The average molecular weight is 446 g/mol. The third-order valence-electron chi connectivity index (χ3n) is 4.74. The van der Waals surface area contributed by atoms with Crippen LogP contribution in [0.15, 0.2) is 11.4 Å². The molecule has 1 aromatic heterocycles. The van der Waals surface area contributed by atoms with Gasteiger partial charge in [0, 0.05) is 32.8 Å². The molecule has 0 aromatic carbocycles. The summed E-state index contributed by atoms with van der Waals surface area (Å²) in [6, 6.07) is -0.127. The predicted octanol–water partition coefficient (Wildman–Crippen LogP) is 1.50. The van der Waals surface area contributed by atoms with E-state index in [1.807, 2.05) is 20.8 Å². The Hall–Kier alpha value is -1.49. The molecule has 1 atom stereocenters. The third-order valence-corrected chi connectivity index (χ3v) is 6.87. The quantitative estimate of drug-likeness (QED) is 0.500.